The number of hydrogen-bond acceptors (Lipinski definition) is 5. The Bertz CT molecular complexity index is 715. The Morgan fingerprint density at radius 2 is 1.97 bits per heavy atom. The fourth-order valence-corrected chi connectivity index (χ4v) is 4.02. The van der Waals surface area contributed by atoms with Crippen LogP contribution in [0.4, 0.5) is 4.79 Å². The van der Waals surface area contributed by atoms with Crippen molar-refractivity contribution in [3.8, 4) is 0 Å². The highest BCUT2D eigenvalue weighted by Gasteiger charge is 2.38. The van der Waals surface area contributed by atoms with Crippen LogP contribution in [0.3, 0.4) is 0 Å². The molecule has 2 atom stereocenters. The zero-order valence-corrected chi connectivity index (χ0v) is 19.3. The van der Waals surface area contributed by atoms with Gasteiger partial charge in [-0.15, -0.1) is 0 Å². The van der Waals surface area contributed by atoms with Gasteiger partial charge in [0.15, 0.2) is 0 Å². The van der Waals surface area contributed by atoms with Crippen molar-refractivity contribution in [2.24, 2.45) is 0 Å². The molecule has 2 heterocycles. The summed E-state index contributed by atoms with van der Waals surface area (Å²) in [5.41, 5.74) is 1.44. The monoisotopic (exact) mass is 417 g/mol. The molecule has 0 radical (unpaired) electrons. The second-order valence-corrected chi connectivity index (χ2v) is 10.1. The van der Waals surface area contributed by atoms with Gasteiger partial charge in [-0.05, 0) is 71.8 Å². The number of likely N-dealkylation sites (tertiary alicyclic amines) is 1. The molecule has 2 unspecified atom stereocenters. The average Bonchev–Trinajstić information content (AvgIpc) is 2.64. The maximum Gasteiger partial charge on any atom is 0.494 e. The summed E-state index contributed by atoms with van der Waals surface area (Å²) in [5.74, 6) is 0. The Kier molecular flexibility index (Phi) is 7.15. The van der Waals surface area contributed by atoms with Crippen LogP contribution in [0.15, 0.2) is 24.3 Å². The van der Waals surface area contributed by atoms with Crippen LogP contribution in [0, 0.1) is 0 Å². The maximum absolute atomic E-state index is 12.3. The van der Waals surface area contributed by atoms with Gasteiger partial charge in [-0.1, -0.05) is 24.3 Å². The molecule has 3 rings (SSSR count). The summed E-state index contributed by atoms with van der Waals surface area (Å²) in [7, 11) is -0.334. The number of ether oxygens (including phenoxy) is 2. The molecule has 7 heteroatoms. The third-order valence-corrected chi connectivity index (χ3v) is 5.33. The van der Waals surface area contributed by atoms with E-state index in [1.807, 2.05) is 32.9 Å². The molecule has 2 aliphatic rings. The van der Waals surface area contributed by atoms with E-state index in [4.69, 9.17) is 18.8 Å². The van der Waals surface area contributed by atoms with Crippen LogP contribution in [0.5, 0.6) is 0 Å². The summed E-state index contributed by atoms with van der Waals surface area (Å²) >= 11 is 0. The van der Waals surface area contributed by atoms with Gasteiger partial charge in [0.05, 0.1) is 24.9 Å². The van der Waals surface area contributed by atoms with Gasteiger partial charge in [0.2, 0.25) is 0 Å². The first-order chi connectivity index (χ1) is 14.0. The molecule has 0 spiro atoms. The summed E-state index contributed by atoms with van der Waals surface area (Å²) in [6.45, 7) is 13.8. The van der Waals surface area contributed by atoms with Gasteiger partial charge in [-0.25, -0.2) is 4.79 Å². The molecular formula is C23H36BNO5. The second-order valence-electron chi connectivity index (χ2n) is 10.1. The van der Waals surface area contributed by atoms with Crippen LogP contribution in [-0.4, -0.2) is 54.6 Å². The smallest absolute Gasteiger partial charge is 0.444 e. The average molecular weight is 417 g/mol. The number of hydrogen-bond donors (Lipinski definition) is 0. The lowest BCUT2D eigenvalue weighted by atomic mass is 9.75. The number of amides is 1. The molecule has 2 aliphatic heterocycles. The summed E-state index contributed by atoms with van der Waals surface area (Å²) in [4.78, 5) is 14.1. The topological polar surface area (TPSA) is 57.2 Å². The van der Waals surface area contributed by atoms with E-state index in [0.717, 1.165) is 36.8 Å². The Labute approximate surface area is 181 Å². The zero-order chi connectivity index (χ0) is 21.9. The van der Waals surface area contributed by atoms with Crippen molar-refractivity contribution in [2.45, 2.75) is 90.8 Å². The fourth-order valence-electron chi connectivity index (χ4n) is 4.02. The summed E-state index contributed by atoms with van der Waals surface area (Å²) < 4.78 is 23.7. The first kappa shape index (κ1) is 23.1. The van der Waals surface area contributed by atoms with Crippen molar-refractivity contribution >= 4 is 18.7 Å². The molecule has 166 valence electrons. The van der Waals surface area contributed by atoms with Gasteiger partial charge in [0, 0.05) is 12.6 Å². The number of benzene rings is 1. The van der Waals surface area contributed by atoms with Gasteiger partial charge < -0.3 is 23.7 Å². The molecule has 1 aromatic rings. The lowest BCUT2D eigenvalue weighted by Crippen LogP contribution is -2.51. The Hall–Kier alpha value is -1.57. The number of rotatable bonds is 4. The van der Waals surface area contributed by atoms with Crippen LogP contribution in [0.25, 0.3) is 0 Å². The van der Waals surface area contributed by atoms with Crippen LogP contribution >= 0.6 is 0 Å². The lowest BCUT2D eigenvalue weighted by molar-refractivity contribution is -0.0258. The number of carbonyl (C=O) groups excluding carboxylic acids is 1. The highest BCUT2D eigenvalue weighted by atomic mass is 16.6. The van der Waals surface area contributed by atoms with Crippen molar-refractivity contribution in [3.05, 3.63) is 29.8 Å². The quantitative estimate of drug-likeness (QED) is 0.696. The third-order valence-electron chi connectivity index (χ3n) is 5.33. The van der Waals surface area contributed by atoms with Crippen molar-refractivity contribution < 1.29 is 23.6 Å². The van der Waals surface area contributed by atoms with Crippen LogP contribution in [0.2, 0.25) is 0 Å². The van der Waals surface area contributed by atoms with Gasteiger partial charge >= 0.3 is 13.2 Å². The molecule has 0 saturated carbocycles. The van der Waals surface area contributed by atoms with Crippen LogP contribution in [-0.2, 0) is 25.4 Å². The minimum absolute atomic E-state index is 0.0256. The highest BCUT2D eigenvalue weighted by molar-refractivity contribution is 6.61. The fraction of sp³-hybridized carbons (Fsp3) is 0.696. The normalized spacial score (nSPS) is 24.6. The maximum atomic E-state index is 12.3. The van der Waals surface area contributed by atoms with E-state index in [2.05, 4.69) is 32.9 Å². The van der Waals surface area contributed by atoms with Crippen molar-refractivity contribution in [1.82, 2.24) is 4.90 Å². The van der Waals surface area contributed by atoms with Crippen molar-refractivity contribution in [3.63, 3.8) is 0 Å². The third kappa shape index (κ3) is 6.72. The minimum atomic E-state index is -0.481. The summed E-state index contributed by atoms with van der Waals surface area (Å²) in [6.07, 6.45) is 2.70. The first-order valence-electron chi connectivity index (χ1n) is 11.0. The second kappa shape index (κ2) is 9.29. The molecule has 1 amide bonds. The first-order valence-corrected chi connectivity index (χ1v) is 11.0. The van der Waals surface area contributed by atoms with Crippen LogP contribution in [0.1, 0.15) is 66.4 Å². The van der Waals surface area contributed by atoms with Crippen LogP contribution < -0.4 is 5.46 Å². The van der Waals surface area contributed by atoms with E-state index >= 15 is 0 Å². The molecule has 0 N–H and O–H groups in total. The molecule has 0 aliphatic carbocycles. The Morgan fingerprint density at radius 3 is 2.60 bits per heavy atom. The largest absolute Gasteiger partial charge is 0.494 e. The number of piperidine rings is 1. The zero-order valence-electron chi connectivity index (χ0n) is 19.3. The van der Waals surface area contributed by atoms with Gasteiger partial charge in [0.25, 0.3) is 0 Å². The molecule has 2 saturated heterocycles. The SMILES string of the molecule is CC1CC(C)(C)OB(c2ccc(COC3CCCN(C(=O)OC(C)(C)C)C3)cc2)O1. The Balaban J connectivity index is 1.51. The van der Waals surface area contributed by atoms with Crippen molar-refractivity contribution in [1.29, 1.82) is 0 Å². The van der Waals surface area contributed by atoms with Crippen molar-refractivity contribution in [2.75, 3.05) is 13.1 Å². The van der Waals surface area contributed by atoms with Gasteiger partial charge in [0.1, 0.15) is 5.60 Å². The molecule has 2 fully saturated rings. The minimum Gasteiger partial charge on any atom is -0.444 e. The molecule has 30 heavy (non-hydrogen) atoms. The lowest BCUT2D eigenvalue weighted by Gasteiger charge is -2.38. The standard InChI is InChI=1S/C23H36BNO5/c1-17-14-23(5,6)30-24(29-17)19-11-9-18(10-12-19)16-27-20-8-7-13-25(15-20)21(26)28-22(2,3)4/h9-12,17,20H,7-8,13-16H2,1-6H3. The predicted molar refractivity (Wildman–Crippen MR) is 118 cm³/mol. The summed E-state index contributed by atoms with van der Waals surface area (Å²) in [5, 5.41) is 0. The van der Waals surface area contributed by atoms with Gasteiger partial charge in [-0.2, -0.15) is 0 Å². The van der Waals surface area contributed by atoms with E-state index in [1.54, 1.807) is 4.90 Å². The Morgan fingerprint density at radius 1 is 1.27 bits per heavy atom. The summed E-state index contributed by atoms with van der Waals surface area (Å²) in [6, 6.07) is 8.21. The predicted octanol–water partition coefficient (Wildman–Crippen LogP) is 3.90. The molecule has 6 nitrogen and oxygen atoms in total. The number of carbonyl (C=O) groups is 1. The van der Waals surface area contributed by atoms with Gasteiger partial charge in [-0.3, -0.25) is 0 Å². The van der Waals surface area contributed by atoms with E-state index < -0.39 is 5.60 Å². The van der Waals surface area contributed by atoms with E-state index in [1.165, 1.54) is 0 Å². The van der Waals surface area contributed by atoms with E-state index in [9.17, 15) is 4.79 Å². The molecule has 0 bridgehead atoms. The molecule has 1 aromatic carbocycles. The van der Waals surface area contributed by atoms with E-state index in [0.29, 0.717) is 13.2 Å². The number of nitrogens with zero attached hydrogens (tertiary/aromatic N) is 1. The van der Waals surface area contributed by atoms with E-state index in [-0.39, 0.29) is 31.0 Å². The highest BCUT2D eigenvalue weighted by Crippen LogP contribution is 2.25. The molecular weight excluding hydrogens is 381 g/mol. The molecule has 0 aromatic heterocycles.